The van der Waals surface area contributed by atoms with E-state index in [1.54, 1.807) is 23.5 Å². The molecular formula is C16H15N3O2S. The fourth-order valence-corrected chi connectivity index (χ4v) is 4.04. The Bertz CT molecular complexity index is 763. The van der Waals surface area contributed by atoms with Gasteiger partial charge in [0.2, 0.25) is 0 Å². The van der Waals surface area contributed by atoms with Crippen molar-refractivity contribution in [3.63, 3.8) is 0 Å². The number of rotatable bonds is 3. The minimum atomic E-state index is -0.397. The molecule has 0 fully saturated rings. The van der Waals surface area contributed by atoms with Gasteiger partial charge >= 0.3 is 0 Å². The average molecular weight is 313 g/mol. The second-order valence-electron chi connectivity index (χ2n) is 5.24. The Morgan fingerprint density at radius 1 is 1.50 bits per heavy atom. The fraction of sp³-hybridized carbons (Fsp3) is 0.312. The van der Waals surface area contributed by atoms with Crippen LogP contribution in [0.3, 0.4) is 0 Å². The summed E-state index contributed by atoms with van der Waals surface area (Å²) in [6.07, 6.45) is 1.79. The van der Waals surface area contributed by atoms with Crippen molar-refractivity contribution in [3.8, 4) is 6.07 Å². The highest BCUT2D eigenvalue weighted by Crippen LogP contribution is 2.41. The van der Waals surface area contributed by atoms with Crippen LogP contribution in [0.5, 0.6) is 0 Å². The molecule has 2 aromatic rings. The van der Waals surface area contributed by atoms with Crippen LogP contribution >= 0.6 is 11.3 Å². The van der Waals surface area contributed by atoms with Crippen molar-refractivity contribution in [2.45, 2.75) is 25.8 Å². The Morgan fingerprint density at radius 3 is 3.00 bits per heavy atom. The van der Waals surface area contributed by atoms with Crippen molar-refractivity contribution in [3.05, 3.63) is 55.8 Å². The van der Waals surface area contributed by atoms with Gasteiger partial charge in [0.1, 0.15) is 5.69 Å². The molecule has 1 aromatic carbocycles. The molecule has 3 rings (SSSR count). The summed E-state index contributed by atoms with van der Waals surface area (Å²) in [5.41, 5.74) is 2.21. The fourth-order valence-electron chi connectivity index (χ4n) is 3.11. The molecule has 0 bridgehead atoms. The van der Waals surface area contributed by atoms with Gasteiger partial charge in [-0.05, 0) is 42.0 Å². The van der Waals surface area contributed by atoms with Gasteiger partial charge < -0.3 is 4.90 Å². The Hall–Kier alpha value is -2.39. The molecule has 112 valence electrons. The lowest BCUT2D eigenvalue weighted by Gasteiger charge is -2.36. The number of benzene rings is 1. The van der Waals surface area contributed by atoms with Gasteiger partial charge in [0, 0.05) is 17.5 Å². The largest absolute Gasteiger partial charge is 0.359 e. The number of anilines is 1. The molecule has 2 heterocycles. The van der Waals surface area contributed by atoms with Crippen LogP contribution in [0.2, 0.25) is 0 Å². The minimum Gasteiger partial charge on any atom is -0.359 e. The van der Waals surface area contributed by atoms with Crippen LogP contribution in [-0.2, 0) is 6.42 Å². The van der Waals surface area contributed by atoms with Gasteiger partial charge in [0.05, 0.1) is 22.6 Å². The molecule has 22 heavy (non-hydrogen) atoms. The van der Waals surface area contributed by atoms with Gasteiger partial charge in [0.25, 0.3) is 5.69 Å². The number of hydrogen-bond donors (Lipinski definition) is 0. The molecule has 0 amide bonds. The summed E-state index contributed by atoms with van der Waals surface area (Å²) in [5.74, 6) is 0. The maximum absolute atomic E-state index is 11.4. The van der Waals surface area contributed by atoms with E-state index in [1.807, 2.05) is 6.07 Å². The number of fused-ring (bicyclic) bond motifs is 1. The average Bonchev–Trinajstić information content (AvgIpc) is 3.01. The highest BCUT2D eigenvalue weighted by Gasteiger charge is 2.31. The summed E-state index contributed by atoms with van der Waals surface area (Å²) in [6, 6.07) is 8.97. The monoisotopic (exact) mass is 313 g/mol. The molecule has 5 nitrogen and oxygen atoms in total. The highest BCUT2D eigenvalue weighted by atomic mass is 32.1. The van der Waals surface area contributed by atoms with Crippen LogP contribution < -0.4 is 4.90 Å². The first-order chi connectivity index (χ1) is 10.7. The smallest absolute Gasteiger partial charge is 0.293 e. The number of nitriles is 1. The lowest BCUT2D eigenvalue weighted by atomic mass is 9.96. The van der Waals surface area contributed by atoms with Crippen LogP contribution in [0, 0.1) is 21.4 Å². The predicted octanol–water partition coefficient (Wildman–Crippen LogP) is 4.04. The van der Waals surface area contributed by atoms with E-state index in [9.17, 15) is 10.1 Å². The quantitative estimate of drug-likeness (QED) is 0.633. The van der Waals surface area contributed by atoms with Gasteiger partial charge in [-0.15, -0.1) is 11.3 Å². The van der Waals surface area contributed by atoms with Gasteiger partial charge in [-0.25, -0.2) is 0 Å². The number of nitro groups is 1. The molecule has 0 saturated heterocycles. The maximum Gasteiger partial charge on any atom is 0.293 e. The first-order valence-electron chi connectivity index (χ1n) is 7.17. The Labute approximate surface area is 132 Å². The van der Waals surface area contributed by atoms with Gasteiger partial charge in [-0.1, -0.05) is 6.92 Å². The zero-order chi connectivity index (χ0) is 15.7. The number of hydrogen-bond acceptors (Lipinski definition) is 5. The standard InChI is InChI=1S/C16H15N3O2S/c1-2-13-12-6-8-22-16(12)5-7-18(13)14-4-3-11(10-17)9-15(14)19(20)21/h3-4,6,8-9,13H,2,5,7H2,1H3. The van der Waals surface area contributed by atoms with E-state index in [0.29, 0.717) is 11.3 Å². The van der Waals surface area contributed by atoms with Gasteiger partial charge in [-0.3, -0.25) is 10.1 Å². The number of nitro benzene ring substituents is 1. The summed E-state index contributed by atoms with van der Waals surface area (Å²) in [6.45, 7) is 2.86. The summed E-state index contributed by atoms with van der Waals surface area (Å²) in [4.78, 5) is 14.5. The minimum absolute atomic E-state index is 0.0104. The van der Waals surface area contributed by atoms with E-state index in [1.165, 1.54) is 16.5 Å². The second kappa shape index (κ2) is 5.78. The maximum atomic E-state index is 11.4. The van der Waals surface area contributed by atoms with Crippen molar-refractivity contribution in [1.82, 2.24) is 0 Å². The molecule has 6 heteroatoms. The summed E-state index contributed by atoms with van der Waals surface area (Å²) in [7, 11) is 0. The molecular weight excluding hydrogens is 298 g/mol. The van der Waals surface area contributed by atoms with Crippen LogP contribution in [0.4, 0.5) is 11.4 Å². The van der Waals surface area contributed by atoms with Crippen LogP contribution in [0.1, 0.15) is 35.4 Å². The molecule has 1 unspecified atom stereocenters. The van der Waals surface area contributed by atoms with Crippen molar-refractivity contribution < 1.29 is 4.92 Å². The van der Waals surface area contributed by atoms with Gasteiger partial charge in [-0.2, -0.15) is 5.26 Å². The summed E-state index contributed by atoms with van der Waals surface area (Å²) >= 11 is 1.75. The Balaban J connectivity index is 2.08. The molecule has 1 atom stereocenters. The molecule has 0 aliphatic carbocycles. The predicted molar refractivity (Wildman–Crippen MR) is 86.2 cm³/mol. The molecule has 0 saturated carbocycles. The van der Waals surface area contributed by atoms with Gasteiger partial charge in [0.15, 0.2) is 0 Å². The van der Waals surface area contributed by atoms with E-state index in [4.69, 9.17) is 5.26 Å². The molecule has 1 aliphatic heterocycles. The third-order valence-corrected chi connectivity index (χ3v) is 5.09. The van der Waals surface area contributed by atoms with Crippen LogP contribution in [-0.4, -0.2) is 11.5 Å². The Morgan fingerprint density at radius 2 is 2.32 bits per heavy atom. The summed E-state index contributed by atoms with van der Waals surface area (Å²) < 4.78 is 0. The normalized spacial score (nSPS) is 16.9. The zero-order valence-corrected chi connectivity index (χ0v) is 13.0. The van der Waals surface area contributed by atoms with E-state index in [0.717, 1.165) is 19.4 Å². The van der Waals surface area contributed by atoms with E-state index >= 15 is 0 Å². The lowest BCUT2D eigenvalue weighted by molar-refractivity contribution is -0.384. The first kappa shape index (κ1) is 14.5. The van der Waals surface area contributed by atoms with Crippen molar-refractivity contribution >= 4 is 22.7 Å². The topological polar surface area (TPSA) is 70.2 Å². The third kappa shape index (κ3) is 2.34. The van der Waals surface area contributed by atoms with E-state index in [2.05, 4.69) is 23.3 Å². The Kier molecular flexibility index (Phi) is 3.82. The molecule has 0 spiro atoms. The van der Waals surface area contributed by atoms with Crippen LogP contribution in [0.25, 0.3) is 0 Å². The highest BCUT2D eigenvalue weighted by molar-refractivity contribution is 7.10. The van der Waals surface area contributed by atoms with E-state index < -0.39 is 4.92 Å². The SMILES string of the molecule is CCC1c2ccsc2CCN1c1ccc(C#N)cc1[N+](=O)[O-]. The van der Waals surface area contributed by atoms with Crippen molar-refractivity contribution in [2.75, 3.05) is 11.4 Å². The van der Waals surface area contributed by atoms with Crippen molar-refractivity contribution in [2.24, 2.45) is 0 Å². The molecule has 1 aromatic heterocycles. The van der Waals surface area contributed by atoms with Crippen molar-refractivity contribution in [1.29, 1.82) is 5.26 Å². The van der Waals surface area contributed by atoms with Crippen LogP contribution in [0.15, 0.2) is 29.6 Å². The number of thiophene rings is 1. The summed E-state index contributed by atoms with van der Waals surface area (Å²) in [5, 5.41) is 22.4. The molecule has 0 N–H and O–H groups in total. The zero-order valence-electron chi connectivity index (χ0n) is 12.2. The first-order valence-corrected chi connectivity index (χ1v) is 8.05. The third-order valence-electron chi connectivity index (χ3n) is 4.09. The lowest BCUT2D eigenvalue weighted by Crippen LogP contribution is -2.34. The molecule has 0 radical (unpaired) electrons. The van der Waals surface area contributed by atoms with E-state index in [-0.39, 0.29) is 11.7 Å². The molecule has 1 aliphatic rings. The second-order valence-corrected chi connectivity index (χ2v) is 6.24. The number of nitrogens with zero attached hydrogens (tertiary/aromatic N) is 3.